The summed E-state index contributed by atoms with van der Waals surface area (Å²) >= 11 is 0. The molecule has 31 heavy (non-hydrogen) atoms. The van der Waals surface area contributed by atoms with Gasteiger partial charge in [0.2, 0.25) is 10.0 Å². The fourth-order valence-electron chi connectivity index (χ4n) is 2.93. The molecule has 0 aliphatic rings. The second kappa shape index (κ2) is 8.84. The standard InChI is InChI=1S/C21H18F3NO5S/c1-29-20(26)14-31(27,28)25(18-9-8-16-4-2-3-5-17(16)12-18)13-15-6-10-19(11-7-15)30-21(22,23)24/h2-12H,13-14H2,1H3. The van der Waals surface area contributed by atoms with Gasteiger partial charge < -0.3 is 9.47 Å². The average Bonchev–Trinajstić information content (AvgIpc) is 2.71. The summed E-state index contributed by atoms with van der Waals surface area (Å²) in [6.07, 6.45) is -4.83. The van der Waals surface area contributed by atoms with E-state index >= 15 is 0 Å². The van der Waals surface area contributed by atoms with Gasteiger partial charge in [-0.15, -0.1) is 13.2 Å². The van der Waals surface area contributed by atoms with Crippen LogP contribution in [0.4, 0.5) is 18.9 Å². The van der Waals surface area contributed by atoms with E-state index in [2.05, 4.69) is 9.47 Å². The van der Waals surface area contributed by atoms with Crippen molar-refractivity contribution < 1.29 is 35.9 Å². The summed E-state index contributed by atoms with van der Waals surface area (Å²) in [5.74, 6) is -2.24. The first-order chi connectivity index (χ1) is 14.6. The Bertz CT molecular complexity index is 1180. The van der Waals surface area contributed by atoms with Crippen LogP contribution in [0, 0.1) is 0 Å². The Labute approximate surface area is 176 Å². The highest BCUT2D eigenvalue weighted by Crippen LogP contribution is 2.28. The van der Waals surface area contributed by atoms with Crippen LogP contribution in [-0.2, 0) is 26.1 Å². The summed E-state index contributed by atoms with van der Waals surface area (Å²) in [5, 5.41) is 1.68. The number of anilines is 1. The number of ether oxygens (including phenoxy) is 2. The Morgan fingerprint density at radius 2 is 1.61 bits per heavy atom. The molecule has 0 aromatic heterocycles. The number of nitrogens with zero attached hydrogens (tertiary/aromatic N) is 1. The smallest absolute Gasteiger partial charge is 0.468 e. The van der Waals surface area contributed by atoms with Gasteiger partial charge in [0.15, 0.2) is 5.75 Å². The van der Waals surface area contributed by atoms with Gasteiger partial charge in [0, 0.05) is 0 Å². The van der Waals surface area contributed by atoms with Crippen molar-refractivity contribution in [1.82, 2.24) is 0 Å². The molecule has 0 atom stereocenters. The van der Waals surface area contributed by atoms with Crippen molar-refractivity contribution in [3.63, 3.8) is 0 Å². The van der Waals surface area contributed by atoms with Crippen LogP contribution in [0.15, 0.2) is 66.7 Å². The molecular formula is C21H18F3NO5S. The summed E-state index contributed by atoms with van der Waals surface area (Å²) in [4.78, 5) is 11.7. The number of fused-ring (bicyclic) bond motifs is 1. The molecule has 0 N–H and O–H groups in total. The molecule has 0 heterocycles. The fraction of sp³-hybridized carbons (Fsp3) is 0.190. The summed E-state index contributed by atoms with van der Waals surface area (Å²) in [6.45, 7) is -0.204. The molecule has 0 saturated heterocycles. The predicted molar refractivity (Wildman–Crippen MR) is 109 cm³/mol. The third-order valence-electron chi connectivity index (χ3n) is 4.37. The van der Waals surface area contributed by atoms with Crippen molar-refractivity contribution in [2.45, 2.75) is 12.9 Å². The summed E-state index contributed by atoms with van der Waals surface area (Å²) in [5.41, 5.74) is 0.703. The number of hydrogen-bond acceptors (Lipinski definition) is 5. The average molecular weight is 453 g/mol. The number of methoxy groups -OCH3 is 1. The number of rotatable bonds is 7. The minimum absolute atomic E-state index is 0.204. The first-order valence-corrected chi connectivity index (χ1v) is 10.6. The third-order valence-corrected chi connectivity index (χ3v) is 5.98. The molecule has 3 aromatic rings. The lowest BCUT2D eigenvalue weighted by Gasteiger charge is -2.24. The van der Waals surface area contributed by atoms with E-state index in [4.69, 9.17) is 0 Å². The van der Waals surface area contributed by atoms with Gasteiger partial charge >= 0.3 is 12.3 Å². The van der Waals surface area contributed by atoms with Crippen molar-refractivity contribution in [2.75, 3.05) is 17.2 Å². The van der Waals surface area contributed by atoms with Crippen LogP contribution in [0.25, 0.3) is 10.8 Å². The van der Waals surface area contributed by atoms with E-state index in [0.717, 1.165) is 34.3 Å². The number of hydrogen-bond donors (Lipinski definition) is 0. The van der Waals surface area contributed by atoms with Gasteiger partial charge in [0.05, 0.1) is 19.3 Å². The predicted octanol–water partition coefficient (Wildman–Crippen LogP) is 4.25. The molecule has 0 aliphatic carbocycles. The number of alkyl halides is 3. The maximum atomic E-state index is 12.9. The van der Waals surface area contributed by atoms with Gasteiger partial charge in [0.1, 0.15) is 5.75 Å². The van der Waals surface area contributed by atoms with Crippen LogP contribution in [0.2, 0.25) is 0 Å². The molecule has 0 bridgehead atoms. The fourth-order valence-corrected chi connectivity index (χ4v) is 4.28. The Morgan fingerprint density at radius 1 is 0.968 bits per heavy atom. The van der Waals surface area contributed by atoms with Gasteiger partial charge in [-0.05, 0) is 40.6 Å². The zero-order chi connectivity index (χ0) is 22.6. The van der Waals surface area contributed by atoms with Crippen LogP contribution in [0.1, 0.15) is 5.56 Å². The maximum Gasteiger partial charge on any atom is 0.573 e. The Morgan fingerprint density at radius 3 is 2.23 bits per heavy atom. The van der Waals surface area contributed by atoms with E-state index in [1.807, 2.05) is 18.2 Å². The lowest BCUT2D eigenvalue weighted by atomic mass is 10.1. The van der Waals surface area contributed by atoms with Crippen LogP contribution in [0.5, 0.6) is 5.75 Å². The lowest BCUT2D eigenvalue weighted by Crippen LogP contribution is -2.35. The molecule has 0 radical (unpaired) electrons. The molecule has 6 nitrogen and oxygen atoms in total. The highest BCUT2D eigenvalue weighted by molar-refractivity contribution is 7.93. The third kappa shape index (κ3) is 5.88. The van der Waals surface area contributed by atoms with Crippen molar-refractivity contribution in [3.05, 3.63) is 72.3 Å². The maximum absolute atomic E-state index is 12.9. The molecule has 10 heteroatoms. The lowest BCUT2D eigenvalue weighted by molar-refractivity contribution is -0.274. The number of carbonyl (C=O) groups is 1. The highest BCUT2D eigenvalue weighted by Gasteiger charge is 2.31. The number of esters is 1. The van der Waals surface area contributed by atoms with E-state index in [1.54, 1.807) is 24.3 Å². The van der Waals surface area contributed by atoms with Crippen molar-refractivity contribution in [1.29, 1.82) is 0 Å². The molecule has 3 rings (SSSR count). The largest absolute Gasteiger partial charge is 0.573 e. The van der Waals surface area contributed by atoms with Gasteiger partial charge in [-0.25, -0.2) is 8.42 Å². The molecule has 0 amide bonds. The first kappa shape index (κ1) is 22.4. The van der Waals surface area contributed by atoms with Gasteiger partial charge in [-0.2, -0.15) is 0 Å². The summed E-state index contributed by atoms with van der Waals surface area (Å²) < 4.78 is 72.3. The normalized spacial score (nSPS) is 11.9. The van der Waals surface area contributed by atoms with E-state index in [9.17, 15) is 26.4 Å². The Kier molecular flexibility index (Phi) is 6.40. The number of benzene rings is 3. The van der Waals surface area contributed by atoms with Crippen LogP contribution >= 0.6 is 0 Å². The second-order valence-electron chi connectivity index (χ2n) is 6.56. The quantitative estimate of drug-likeness (QED) is 0.500. The van der Waals surface area contributed by atoms with Gasteiger partial charge in [0.25, 0.3) is 0 Å². The Balaban J connectivity index is 1.96. The zero-order valence-corrected chi connectivity index (χ0v) is 17.1. The molecule has 0 saturated carbocycles. The van der Waals surface area contributed by atoms with Gasteiger partial charge in [-0.3, -0.25) is 9.10 Å². The molecular weight excluding hydrogens is 435 g/mol. The van der Waals surface area contributed by atoms with Crippen LogP contribution in [0.3, 0.4) is 0 Å². The SMILES string of the molecule is COC(=O)CS(=O)(=O)N(Cc1ccc(OC(F)(F)F)cc1)c1ccc2ccccc2c1. The highest BCUT2D eigenvalue weighted by atomic mass is 32.2. The Hall–Kier alpha value is -3.27. The number of carbonyl (C=O) groups excluding carboxylic acids is 1. The molecule has 164 valence electrons. The second-order valence-corrected chi connectivity index (χ2v) is 8.46. The topological polar surface area (TPSA) is 72.9 Å². The van der Waals surface area contributed by atoms with E-state index in [-0.39, 0.29) is 6.54 Å². The number of sulfonamides is 1. The van der Waals surface area contributed by atoms with Crippen molar-refractivity contribution in [3.8, 4) is 5.75 Å². The molecule has 0 fully saturated rings. The van der Waals surface area contributed by atoms with Crippen LogP contribution < -0.4 is 9.04 Å². The summed E-state index contributed by atoms with van der Waals surface area (Å²) in [6, 6.07) is 17.2. The van der Waals surface area contributed by atoms with Crippen LogP contribution in [-0.4, -0.2) is 33.6 Å². The van der Waals surface area contributed by atoms with Crippen molar-refractivity contribution >= 4 is 32.5 Å². The first-order valence-electron chi connectivity index (χ1n) is 8.98. The minimum Gasteiger partial charge on any atom is -0.468 e. The van der Waals surface area contributed by atoms with E-state index < -0.39 is 33.9 Å². The van der Waals surface area contributed by atoms with E-state index in [0.29, 0.717) is 11.3 Å². The molecule has 3 aromatic carbocycles. The van der Waals surface area contributed by atoms with E-state index in [1.165, 1.54) is 12.1 Å². The minimum atomic E-state index is -4.83. The number of halogens is 3. The molecule has 0 unspecified atom stereocenters. The monoisotopic (exact) mass is 453 g/mol. The molecule has 0 spiro atoms. The molecule has 0 aliphatic heterocycles. The zero-order valence-electron chi connectivity index (χ0n) is 16.3. The van der Waals surface area contributed by atoms with Gasteiger partial charge in [-0.1, -0.05) is 42.5 Å². The van der Waals surface area contributed by atoms with Crippen molar-refractivity contribution in [2.24, 2.45) is 0 Å². The summed E-state index contributed by atoms with van der Waals surface area (Å²) in [7, 11) is -3.06.